The predicted octanol–water partition coefficient (Wildman–Crippen LogP) is 3.49. The standard InChI is InChI=1S/C6H3Cl3FN/c1-2-3(7)4(10)6(9)11-5(2)8/h1H3. The van der Waals surface area contributed by atoms with Gasteiger partial charge in [-0.15, -0.1) is 0 Å². The molecular weight excluding hydrogens is 211 g/mol. The first-order valence-electron chi connectivity index (χ1n) is 2.70. The first-order chi connectivity index (χ1) is 5.04. The lowest BCUT2D eigenvalue weighted by molar-refractivity contribution is 0.621. The molecule has 0 saturated heterocycles. The Labute approximate surface area is 78.1 Å². The molecule has 11 heavy (non-hydrogen) atoms. The minimum absolute atomic E-state index is 0.0741. The summed E-state index contributed by atoms with van der Waals surface area (Å²) >= 11 is 16.4. The van der Waals surface area contributed by atoms with Crippen molar-refractivity contribution in [1.29, 1.82) is 0 Å². The van der Waals surface area contributed by atoms with Crippen molar-refractivity contribution in [3.05, 3.63) is 26.7 Å². The molecule has 1 nitrogen and oxygen atoms in total. The lowest BCUT2D eigenvalue weighted by Crippen LogP contribution is -1.89. The largest absolute Gasteiger partial charge is 0.221 e. The zero-order valence-electron chi connectivity index (χ0n) is 5.46. The van der Waals surface area contributed by atoms with Crippen LogP contribution in [0.5, 0.6) is 0 Å². The molecule has 0 N–H and O–H groups in total. The SMILES string of the molecule is Cc1c(Cl)nc(Cl)c(F)c1Cl. The van der Waals surface area contributed by atoms with Crippen molar-refractivity contribution in [2.75, 3.05) is 0 Å². The molecule has 60 valence electrons. The number of hydrogen-bond donors (Lipinski definition) is 0. The minimum atomic E-state index is -0.727. The normalized spacial score (nSPS) is 10.3. The molecule has 1 aromatic heterocycles. The van der Waals surface area contributed by atoms with Crippen molar-refractivity contribution < 1.29 is 4.39 Å². The lowest BCUT2D eigenvalue weighted by atomic mass is 10.3. The van der Waals surface area contributed by atoms with E-state index in [2.05, 4.69) is 4.98 Å². The Morgan fingerprint density at radius 3 is 2.27 bits per heavy atom. The fourth-order valence-electron chi connectivity index (χ4n) is 0.565. The van der Waals surface area contributed by atoms with Gasteiger partial charge < -0.3 is 0 Å². The van der Waals surface area contributed by atoms with Crippen LogP contribution in [0.25, 0.3) is 0 Å². The van der Waals surface area contributed by atoms with Gasteiger partial charge in [0.15, 0.2) is 11.0 Å². The van der Waals surface area contributed by atoms with Crippen LogP contribution >= 0.6 is 34.8 Å². The van der Waals surface area contributed by atoms with Gasteiger partial charge in [-0.3, -0.25) is 0 Å². The summed E-state index contributed by atoms with van der Waals surface area (Å²) in [5.41, 5.74) is 0.398. The third-order valence-corrected chi connectivity index (χ3v) is 2.28. The van der Waals surface area contributed by atoms with Crippen LogP contribution in [-0.2, 0) is 0 Å². The molecular formula is C6H3Cl3FN. The molecule has 0 spiro atoms. The van der Waals surface area contributed by atoms with Crippen LogP contribution in [0, 0.1) is 12.7 Å². The van der Waals surface area contributed by atoms with Gasteiger partial charge in [0.25, 0.3) is 0 Å². The van der Waals surface area contributed by atoms with Crippen LogP contribution in [0.2, 0.25) is 15.3 Å². The van der Waals surface area contributed by atoms with E-state index in [0.717, 1.165) is 0 Å². The van der Waals surface area contributed by atoms with E-state index in [0.29, 0.717) is 5.56 Å². The van der Waals surface area contributed by atoms with E-state index in [-0.39, 0.29) is 15.3 Å². The monoisotopic (exact) mass is 213 g/mol. The minimum Gasteiger partial charge on any atom is -0.221 e. The molecule has 0 saturated carbocycles. The Morgan fingerprint density at radius 2 is 1.73 bits per heavy atom. The summed E-state index contributed by atoms with van der Waals surface area (Å²) in [5.74, 6) is -0.727. The van der Waals surface area contributed by atoms with Gasteiger partial charge in [-0.2, -0.15) is 0 Å². The van der Waals surface area contributed by atoms with Gasteiger partial charge in [0.1, 0.15) is 5.15 Å². The molecule has 1 heterocycles. The first kappa shape index (κ1) is 9.04. The van der Waals surface area contributed by atoms with Gasteiger partial charge in [0, 0.05) is 5.56 Å². The molecule has 0 fully saturated rings. The van der Waals surface area contributed by atoms with Gasteiger partial charge in [0.2, 0.25) is 0 Å². The fourth-order valence-corrected chi connectivity index (χ4v) is 1.24. The second-order valence-corrected chi connectivity index (χ2v) is 3.04. The molecule has 0 aliphatic heterocycles. The molecule has 0 aliphatic carbocycles. The maximum absolute atomic E-state index is 12.8. The highest BCUT2D eigenvalue weighted by Gasteiger charge is 2.12. The van der Waals surface area contributed by atoms with E-state index in [1.807, 2.05) is 0 Å². The summed E-state index contributed by atoms with van der Waals surface area (Å²) in [6.45, 7) is 1.57. The smallest absolute Gasteiger partial charge is 0.179 e. The Hall–Kier alpha value is -0.0500. The van der Waals surface area contributed by atoms with Crippen LogP contribution in [0.15, 0.2) is 0 Å². The van der Waals surface area contributed by atoms with E-state index < -0.39 is 5.82 Å². The van der Waals surface area contributed by atoms with Crippen molar-refractivity contribution in [3.63, 3.8) is 0 Å². The molecule has 0 radical (unpaired) electrons. The third kappa shape index (κ3) is 1.58. The molecule has 1 rings (SSSR count). The Balaban J connectivity index is 3.46. The van der Waals surface area contributed by atoms with E-state index in [1.54, 1.807) is 6.92 Å². The fraction of sp³-hybridized carbons (Fsp3) is 0.167. The Morgan fingerprint density at radius 1 is 1.18 bits per heavy atom. The molecule has 1 aromatic rings. The quantitative estimate of drug-likeness (QED) is 0.603. The average Bonchev–Trinajstić information content (AvgIpc) is 1.97. The Bertz CT molecular complexity index is 274. The number of halogens is 4. The highest BCUT2D eigenvalue weighted by Crippen LogP contribution is 2.28. The number of nitrogens with zero attached hydrogens (tertiary/aromatic N) is 1. The molecule has 0 unspecified atom stereocenters. The zero-order valence-corrected chi connectivity index (χ0v) is 7.73. The number of hydrogen-bond acceptors (Lipinski definition) is 1. The molecule has 0 bridgehead atoms. The van der Waals surface area contributed by atoms with Crippen molar-refractivity contribution >= 4 is 34.8 Å². The van der Waals surface area contributed by atoms with E-state index >= 15 is 0 Å². The molecule has 0 aromatic carbocycles. The molecule has 0 atom stereocenters. The lowest BCUT2D eigenvalue weighted by Gasteiger charge is -2.01. The Kier molecular flexibility index (Phi) is 2.58. The maximum atomic E-state index is 12.8. The van der Waals surface area contributed by atoms with Crippen LogP contribution in [0.1, 0.15) is 5.56 Å². The van der Waals surface area contributed by atoms with Gasteiger partial charge in [-0.25, -0.2) is 9.37 Å². The van der Waals surface area contributed by atoms with Crippen LogP contribution in [0.4, 0.5) is 4.39 Å². The highest BCUT2D eigenvalue weighted by molar-refractivity contribution is 6.37. The van der Waals surface area contributed by atoms with Crippen molar-refractivity contribution in [3.8, 4) is 0 Å². The van der Waals surface area contributed by atoms with Gasteiger partial charge in [-0.1, -0.05) is 34.8 Å². The summed E-state index contributed by atoms with van der Waals surface area (Å²) < 4.78 is 12.8. The maximum Gasteiger partial charge on any atom is 0.179 e. The topological polar surface area (TPSA) is 12.9 Å². The third-order valence-electron chi connectivity index (χ3n) is 1.21. The van der Waals surface area contributed by atoms with Crippen LogP contribution < -0.4 is 0 Å². The highest BCUT2D eigenvalue weighted by atomic mass is 35.5. The summed E-state index contributed by atoms with van der Waals surface area (Å²) in [6, 6.07) is 0. The van der Waals surface area contributed by atoms with Gasteiger partial charge >= 0.3 is 0 Å². The summed E-state index contributed by atoms with van der Waals surface area (Å²) in [7, 11) is 0. The van der Waals surface area contributed by atoms with Gasteiger partial charge in [0.05, 0.1) is 5.02 Å². The molecule has 0 aliphatic rings. The number of aromatic nitrogens is 1. The van der Waals surface area contributed by atoms with Crippen LogP contribution in [0.3, 0.4) is 0 Å². The summed E-state index contributed by atoms with van der Waals surface area (Å²) in [4.78, 5) is 3.50. The predicted molar refractivity (Wildman–Crippen MR) is 44.0 cm³/mol. The second kappa shape index (κ2) is 3.13. The number of pyridine rings is 1. The number of rotatable bonds is 0. The van der Waals surface area contributed by atoms with Crippen molar-refractivity contribution in [1.82, 2.24) is 4.98 Å². The summed E-state index contributed by atoms with van der Waals surface area (Å²) in [5, 5.41) is -0.248. The second-order valence-electron chi connectivity index (χ2n) is 1.95. The van der Waals surface area contributed by atoms with E-state index in [1.165, 1.54) is 0 Å². The first-order valence-corrected chi connectivity index (χ1v) is 3.84. The summed E-state index contributed by atoms with van der Waals surface area (Å²) in [6.07, 6.45) is 0. The zero-order chi connectivity index (χ0) is 8.59. The van der Waals surface area contributed by atoms with Crippen molar-refractivity contribution in [2.24, 2.45) is 0 Å². The molecule has 5 heteroatoms. The van der Waals surface area contributed by atoms with Crippen LogP contribution in [-0.4, -0.2) is 4.98 Å². The molecule has 0 amide bonds. The van der Waals surface area contributed by atoms with Crippen molar-refractivity contribution in [2.45, 2.75) is 6.92 Å². The van der Waals surface area contributed by atoms with Gasteiger partial charge in [-0.05, 0) is 6.92 Å². The van der Waals surface area contributed by atoms with E-state index in [4.69, 9.17) is 34.8 Å². The van der Waals surface area contributed by atoms with E-state index in [9.17, 15) is 4.39 Å². The average molecular weight is 214 g/mol.